The molecule has 0 saturated carbocycles. The predicted octanol–water partition coefficient (Wildman–Crippen LogP) is 1.92. The van der Waals surface area contributed by atoms with Gasteiger partial charge in [-0.25, -0.2) is 9.98 Å². The molecule has 2 heterocycles. The lowest BCUT2D eigenvalue weighted by atomic mass is 10.1. The molecule has 0 aliphatic carbocycles. The molecule has 1 aliphatic heterocycles. The maximum atomic E-state index is 12.2. The number of rotatable bonds is 7. The summed E-state index contributed by atoms with van der Waals surface area (Å²) in [6.45, 7) is 8.17. The summed E-state index contributed by atoms with van der Waals surface area (Å²) < 4.78 is 2.12. The van der Waals surface area contributed by atoms with E-state index in [1.165, 1.54) is 5.56 Å². The number of imidazole rings is 1. The summed E-state index contributed by atoms with van der Waals surface area (Å²) in [6.07, 6.45) is 6.02. The minimum Gasteiger partial charge on any atom is -0.357 e. The molecule has 7 heteroatoms. The molecule has 1 aromatic heterocycles. The molecule has 28 heavy (non-hydrogen) atoms. The summed E-state index contributed by atoms with van der Waals surface area (Å²) in [7, 11) is 0. The van der Waals surface area contributed by atoms with Crippen LogP contribution >= 0.6 is 0 Å². The molecule has 150 valence electrons. The first-order valence-corrected chi connectivity index (χ1v) is 10.0. The molecule has 1 amide bonds. The second kappa shape index (κ2) is 9.92. The van der Waals surface area contributed by atoms with E-state index in [0.29, 0.717) is 12.5 Å². The number of aromatic nitrogens is 2. The van der Waals surface area contributed by atoms with E-state index in [1.807, 2.05) is 31.1 Å². The van der Waals surface area contributed by atoms with Crippen LogP contribution in [0.3, 0.4) is 0 Å². The molecule has 3 rings (SSSR count). The lowest BCUT2D eigenvalue weighted by Gasteiger charge is -2.17. The minimum absolute atomic E-state index is 0.140. The Balaban J connectivity index is 1.58. The number of amides is 1. The first-order chi connectivity index (χ1) is 13.7. The molecular weight excluding hydrogens is 352 g/mol. The molecule has 0 bridgehead atoms. The highest BCUT2D eigenvalue weighted by Gasteiger charge is 2.17. The number of nitrogens with one attached hydrogen (secondary N) is 2. The van der Waals surface area contributed by atoms with Gasteiger partial charge in [0.25, 0.3) is 0 Å². The molecule has 2 N–H and O–H groups in total. The highest BCUT2D eigenvalue weighted by molar-refractivity contribution is 5.86. The molecule has 0 unspecified atom stereocenters. The van der Waals surface area contributed by atoms with Crippen LogP contribution in [0.4, 0.5) is 0 Å². The van der Waals surface area contributed by atoms with Crippen molar-refractivity contribution >= 4 is 11.9 Å². The number of carbonyl (C=O) groups is 1. The molecule has 1 aromatic carbocycles. The van der Waals surface area contributed by atoms with Crippen LogP contribution in [-0.2, 0) is 17.9 Å². The van der Waals surface area contributed by atoms with Gasteiger partial charge in [0.2, 0.25) is 5.91 Å². The zero-order valence-corrected chi connectivity index (χ0v) is 16.8. The van der Waals surface area contributed by atoms with Crippen LogP contribution in [0.5, 0.6) is 0 Å². The zero-order valence-electron chi connectivity index (χ0n) is 16.8. The maximum Gasteiger partial charge on any atom is 0.241 e. The van der Waals surface area contributed by atoms with E-state index in [2.05, 4.69) is 49.4 Å². The Hall–Kier alpha value is -2.83. The molecule has 0 radical (unpaired) electrons. The van der Waals surface area contributed by atoms with E-state index < -0.39 is 0 Å². The molecule has 1 aliphatic rings. The van der Waals surface area contributed by atoms with Gasteiger partial charge in [0.05, 0.1) is 13.1 Å². The Kier molecular flexibility index (Phi) is 7.06. The second-order valence-electron chi connectivity index (χ2n) is 7.06. The Morgan fingerprint density at radius 3 is 2.71 bits per heavy atom. The van der Waals surface area contributed by atoms with Crippen molar-refractivity contribution < 1.29 is 4.79 Å². The zero-order chi connectivity index (χ0) is 19.8. The average molecular weight is 383 g/mol. The lowest BCUT2D eigenvalue weighted by molar-refractivity contribution is -0.128. The van der Waals surface area contributed by atoms with Crippen LogP contribution in [0.15, 0.2) is 41.7 Å². The van der Waals surface area contributed by atoms with E-state index >= 15 is 0 Å². The second-order valence-corrected chi connectivity index (χ2v) is 7.06. The van der Waals surface area contributed by atoms with E-state index in [4.69, 9.17) is 0 Å². The average Bonchev–Trinajstić information content (AvgIpc) is 3.37. The van der Waals surface area contributed by atoms with Crippen molar-refractivity contribution in [1.29, 1.82) is 0 Å². The monoisotopic (exact) mass is 382 g/mol. The van der Waals surface area contributed by atoms with Gasteiger partial charge in [-0.05, 0) is 37.8 Å². The van der Waals surface area contributed by atoms with Gasteiger partial charge in [-0.1, -0.05) is 24.3 Å². The van der Waals surface area contributed by atoms with Gasteiger partial charge in [-0.3, -0.25) is 4.79 Å². The van der Waals surface area contributed by atoms with Crippen molar-refractivity contribution in [3.63, 3.8) is 0 Å². The molecule has 2 aromatic rings. The number of carbonyl (C=O) groups excluding carboxylic acids is 1. The topological polar surface area (TPSA) is 74.5 Å². The number of aryl methyl sites for hydroxylation is 1. The summed E-state index contributed by atoms with van der Waals surface area (Å²) >= 11 is 0. The number of nitrogens with zero attached hydrogens (tertiary/aromatic N) is 4. The Bertz CT molecular complexity index is 807. The van der Waals surface area contributed by atoms with E-state index in [9.17, 15) is 4.79 Å². The van der Waals surface area contributed by atoms with Crippen molar-refractivity contribution in [1.82, 2.24) is 25.1 Å². The molecule has 1 fully saturated rings. The summed E-state index contributed by atoms with van der Waals surface area (Å²) in [5, 5.41) is 6.37. The van der Waals surface area contributed by atoms with Crippen molar-refractivity contribution in [3.05, 3.63) is 53.6 Å². The fourth-order valence-electron chi connectivity index (χ4n) is 3.34. The summed E-state index contributed by atoms with van der Waals surface area (Å²) in [4.78, 5) is 23.1. The summed E-state index contributed by atoms with van der Waals surface area (Å²) in [6, 6.07) is 8.42. The van der Waals surface area contributed by atoms with Gasteiger partial charge in [0.1, 0.15) is 5.82 Å². The van der Waals surface area contributed by atoms with Crippen LogP contribution in [0, 0.1) is 6.92 Å². The number of aliphatic imine (C=N–C) groups is 1. The maximum absolute atomic E-state index is 12.2. The molecule has 0 atom stereocenters. The van der Waals surface area contributed by atoms with Gasteiger partial charge < -0.3 is 20.1 Å². The molecule has 1 saturated heterocycles. The van der Waals surface area contributed by atoms with Crippen LogP contribution in [0.25, 0.3) is 0 Å². The van der Waals surface area contributed by atoms with Crippen LogP contribution in [0.2, 0.25) is 0 Å². The standard InChI is InChI=1S/C21H30N6O/c1-3-22-21(25-15-20(28)26-10-4-5-11-26)24-14-18-7-6-8-19(13-18)16-27-12-9-23-17(27)2/h6-9,12-13H,3-5,10-11,14-16H2,1-2H3,(H2,22,24,25). The Morgan fingerprint density at radius 2 is 2.00 bits per heavy atom. The molecular formula is C21H30N6O. The number of hydrogen-bond donors (Lipinski definition) is 2. The van der Waals surface area contributed by atoms with E-state index in [-0.39, 0.29) is 12.5 Å². The smallest absolute Gasteiger partial charge is 0.241 e. The first kappa shape index (κ1) is 19.9. The fraction of sp³-hybridized carbons (Fsp3) is 0.476. The van der Waals surface area contributed by atoms with Gasteiger partial charge in [-0.15, -0.1) is 0 Å². The van der Waals surface area contributed by atoms with Crippen molar-refractivity contribution in [2.75, 3.05) is 26.2 Å². The van der Waals surface area contributed by atoms with Gasteiger partial charge in [0.15, 0.2) is 5.96 Å². The van der Waals surface area contributed by atoms with Crippen LogP contribution in [0.1, 0.15) is 36.7 Å². The summed E-state index contributed by atoms with van der Waals surface area (Å²) in [5.41, 5.74) is 2.36. The van der Waals surface area contributed by atoms with Gasteiger partial charge >= 0.3 is 0 Å². The van der Waals surface area contributed by atoms with E-state index in [0.717, 1.165) is 50.4 Å². The largest absolute Gasteiger partial charge is 0.357 e. The minimum atomic E-state index is 0.140. The molecule has 0 spiro atoms. The third-order valence-corrected chi connectivity index (χ3v) is 4.90. The number of hydrogen-bond acceptors (Lipinski definition) is 3. The third kappa shape index (κ3) is 5.58. The summed E-state index contributed by atoms with van der Waals surface area (Å²) in [5.74, 6) is 1.82. The van der Waals surface area contributed by atoms with Gasteiger partial charge in [-0.2, -0.15) is 0 Å². The fourth-order valence-corrected chi connectivity index (χ4v) is 3.34. The Morgan fingerprint density at radius 1 is 1.21 bits per heavy atom. The molecule has 7 nitrogen and oxygen atoms in total. The SMILES string of the molecule is CCNC(=NCc1cccc(Cn2ccnc2C)c1)NCC(=O)N1CCCC1. The quantitative estimate of drug-likeness (QED) is 0.567. The van der Waals surface area contributed by atoms with Crippen LogP contribution in [-0.4, -0.2) is 52.5 Å². The normalized spacial score (nSPS) is 14.4. The Labute approximate surface area is 166 Å². The highest BCUT2D eigenvalue weighted by atomic mass is 16.2. The first-order valence-electron chi connectivity index (χ1n) is 10.0. The number of benzene rings is 1. The van der Waals surface area contributed by atoms with E-state index in [1.54, 1.807) is 0 Å². The third-order valence-electron chi connectivity index (χ3n) is 4.90. The number of guanidine groups is 1. The number of likely N-dealkylation sites (tertiary alicyclic amines) is 1. The predicted molar refractivity (Wildman–Crippen MR) is 111 cm³/mol. The van der Waals surface area contributed by atoms with Gasteiger partial charge in [0, 0.05) is 38.6 Å². The lowest BCUT2D eigenvalue weighted by Crippen LogP contribution is -2.44. The highest BCUT2D eigenvalue weighted by Crippen LogP contribution is 2.10. The van der Waals surface area contributed by atoms with Crippen molar-refractivity contribution in [3.8, 4) is 0 Å². The van der Waals surface area contributed by atoms with Crippen LogP contribution < -0.4 is 10.6 Å². The van der Waals surface area contributed by atoms with Crippen molar-refractivity contribution in [2.24, 2.45) is 4.99 Å². The van der Waals surface area contributed by atoms with Crippen molar-refractivity contribution in [2.45, 2.75) is 39.8 Å².